The third-order valence-electron chi connectivity index (χ3n) is 10.7. The number of hydrogen-bond acceptors (Lipinski definition) is 6. The summed E-state index contributed by atoms with van der Waals surface area (Å²) in [5.74, 6) is -0.413. The lowest BCUT2D eigenvalue weighted by Crippen LogP contribution is -2.70. The lowest BCUT2D eigenvalue weighted by Gasteiger charge is -2.66. The second-order valence-electron chi connectivity index (χ2n) is 13.3. The molecule has 6 nitrogen and oxygen atoms in total. The van der Waals surface area contributed by atoms with Crippen molar-refractivity contribution in [3.05, 3.63) is 11.6 Å². The molecule has 5 rings (SSSR count). The average Bonchev–Trinajstić information content (AvgIpc) is 3.08. The standard InChI is InChI=1S/C28H42O6/c1-17-11-19-20-8-7-18(12-22(30)32-6)25(20,4)13-21(29)23(19)26(5)9-10-27(14-28(17,26)31)33-15-24(2,3)16-34-27/h12,17,19-20,23,31H,7-11,13-16H2,1-6H3/b18-12+/t17-,19+,20+,23-,25-,26-,28+/m1/s1. The van der Waals surface area contributed by atoms with Crippen molar-refractivity contribution in [3.63, 3.8) is 0 Å². The van der Waals surface area contributed by atoms with Crippen molar-refractivity contribution in [3.8, 4) is 0 Å². The van der Waals surface area contributed by atoms with E-state index < -0.39 is 16.8 Å². The number of carbonyl (C=O) groups excluding carboxylic acids is 2. The molecule has 0 unspecified atom stereocenters. The Labute approximate surface area is 203 Å². The van der Waals surface area contributed by atoms with Gasteiger partial charge in [-0.15, -0.1) is 0 Å². The highest BCUT2D eigenvalue weighted by atomic mass is 16.7. The summed E-state index contributed by atoms with van der Waals surface area (Å²) in [6.45, 7) is 12.0. The molecule has 7 atom stereocenters. The SMILES string of the molecule is COC(=O)/C=C1\CC[C@H]2[C@@H]3C[C@@H](C)[C@@]4(O)CC5(CC[C@]4(C)[C@H]3C(=O)C[C@]12C)OCC(C)(C)CO5. The molecule has 1 spiro atoms. The fourth-order valence-corrected chi connectivity index (χ4v) is 8.71. The van der Waals surface area contributed by atoms with Crippen LogP contribution in [0.4, 0.5) is 0 Å². The monoisotopic (exact) mass is 474 g/mol. The highest BCUT2D eigenvalue weighted by Gasteiger charge is 2.70. The van der Waals surface area contributed by atoms with Gasteiger partial charge < -0.3 is 19.3 Å². The van der Waals surface area contributed by atoms with E-state index in [0.29, 0.717) is 38.4 Å². The highest BCUT2D eigenvalue weighted by molar-refractivity contribution is 5.87. The Balaban J connectivity index is 1.47. The minimum Gasteiger partial charge on any atom is -0.466 e. The van der Waals surface area contributed by atoms with Gasteiger partial charge in [-0.05, 0) is 48.9 Å². The van der Waals surface area contributed by atoms with Crippen molar-refractivity contribution >= 4 is 11.8 Å². The lowest BCUT2D eigenvalue weighted by molar-refractivity contribution is -0.358. The lowest BCUT2D eigenvalue weighted by atomic mass is 9.41. The summed E-state index contributed by atoms with van der Waals surface area (Å²) in [5, 5.41) is 12.3. The maximum absolute atomic E-state index is 13.9. The number of aliphatic hydroxyl groups is 1. The molecule has 5 fully saturated rings. The summed E-state index contributed by atoms with van der Waals surface area (Å²) in [7, 11) is 1.40. The van der Waals surface area contributed by atoms with Crippen LogP contribution in [0.15, 0.2) is 11.6 Å². The molecule has 34 heavy (non-hydrogen) atoms. The van der Waals surface area contributed by atoms with Gasteiger partial charge in [0.25, 0.3) is 0 Å². The molecule has 4 saturated carbocycles. The zero-order chi connectivity index (χ0) is 24.7. The number of ether oxygens (including phenoxy) is 3. The number of ketones is 1. The van der Waals surface area contributed by atoms with Crippen molar-refractivity contribution < 1.29 is 28.9 Å². The van der Waals surface area contributed by atoms with Gasteiger partial charge in [-0.2, -0.15) is 0 Å². The number of esters is 1. The predicted molar refractivity (Wildman–Crippen MR) is 127 cm³/mol. The van der Waals surface area contributed by atoms with Gasteiger partial charge in [-0.1, -0.05) is 40.2 Å². The first-order chi connectivity index (χ1) is 15.8. The molecule has 1 heterocycles. The summed E-state index contributed by atoms with van der Waals surface area (Å²) in [6.07, 6.45) is 6.56. The number of allylic oxidation sites excluding steroid dienone is 1. The smallest absolute Gasteiger partial charge is 0.330 e. The van der Waals surface area contributed by atoms with E-state index in [-0.39, 0.29) is 40.3 Å². The van der Waals surface area contributed by atoms with Gasteiger partial charge in [-0.25, -0.2) is 4.79 Å². The van der Waals surface area contributed by atoms with Gasteiger partial charge in [0, 0.05) is 42.1 Å². The van der Waals surface area contributed by atoms with Crippen LogP contribution in [0.25, 0.3) is 0 Å². The first kappa shape index (κ1) is 24.5. The van der Waals surface area contributed by atoms with Gasteiger partial charge in [-0.3, -0.25) is 4.79 Å². The molecule has 190 valence electrons. The molecule has 5 aliphatic rings. The highest BCUT2D eigenvalue weighted by Crippen LogP contribution is 2.69. The van der Waals surface area contributed by atoms with E-state index in [9.17, 15) is 14.7 Å². The Kier molecular flexibility index (Phi) is 5.49. The maximum Gasteiger partial charge on any atom is 0.330 e. The number of fused-ring (bicyclic) bond motifs is 5. The summed E-state index contributed by atoms with van der Waals surface area (Å²) in [5.41, 5.74) is -0.785. The zero-order valence-corrected chi connectivity index (χ0v) is 21.7. The quantitative estimate of drug-likeness (QED) is 0.447. The van der Waals surface area contributed by atoms with Crippen molar-refractivity contribution in [1.82, 2.24) is 0 Å². The molecule has 4 aliphatic carbocycles. The number of hydrogen-bond donors (Lipinski definition) is 1. The molecule has 1 aliphatic heterocycles. The zero-order valence-electron chi connectivity index (χ0n) is 21.7. The van der Waals surface area contributed by atoms with Crippen LogP contribution >= 0.6 is 0 Å². The van der Waals surface area contributed by atoms with Crippen LogP contribution < -0.4 is 0 Å². The van der Waals surface area contributed by atoms with E-state index in [1.165, 1.54) is 7.11 Å². The van der Waals surface area contributed by atoms with Crippen molar-refractivity contribution in [2.75, 3.05) is 20.3 Å². The van der Waals surface area contributed by atoms with Crippen molar-refractivity contribution in [1.29, 1.82) is 0 Å². The van der Waals surface area contributed by atoms with Crippen LogP contribution in [0, 0.1) is 39.9 Å². The fourth-order valence-electron chi connectivity index (χ4n) is 8.71. The number of rotatable bonds is 1. The Morgan fingerprint density at radius 2 is 1.82 bits per heavy atom. The predicted octanol–water partition coefficient (Wildman–Crippen LogP) is 4.44. The molecule has 1 N–H and O–H groups in total. The summed E-state index contributed by atoms with van der Waals surface area (Å²) >= 11 is 0. The topological polar surface area (TPSA) is 82.1 Å². The van der Waals surface area contributed by atoms with Crippen LogP contribution in [-0.2, 0) is 23.8 Å². The van der Waals surface area contributed by atoms with Crippen LogP contribution in [0.3, 0.4) is 0 Å². The molecule has 0 aromatic carbocycles. The van der Waals surface area contributed by atoms with Crippen molar-refractivity contribution in [2.45, 2.75) is 91.0 Å². The number of methoxy groups -OCH3 is 1. The molecule has 0 radical (unpaired) electrons. The second-order valence-corrected chi connectivity index (χ2v) is 13.3. The Morgan fingerprint density at radius 1 is 1.15 bits per heavy atom. The van der Waals surface area contributed by atoms with Gasteiger partial charge in [0.15, 0.2) is 5.79 Å². The van der Waals surface area contributed by atoms with Crippen LogP contribution in [-0.4, -0.2) is 48.6 Å². The third-order valence-corrected chi connectivity index (χ3v) is 10.7. The fraction of sp³-hybridized carbons (Fsp3) is 0.857. The molecule has 0 bridgehead atoms. The van der Waals surface area contributed by atoms with E-state index in [1.54, 1.807) is 6.08 Å². The molecule has 0 aromatic rings. The van der Waals surface area contributed by atoms with Crippen molar-refractivity contribution in [2.24, 2.45) is 39.9 Å². The molecule has 0 amide bonds. The van der Waals surface area contributed by atoms with E-state index in [1.807, 2.05) is 0 Å². The number of Topliss-reactive ketones (excluding diaryl/α,β-unsaturated/α-hetero) is 1. The molecular formula is C28H42O6. The third kappa shape index (κ3) is 3.31. The Morgan fingerprint density at radius 3 is 2.47 bits per heavy atom. The van der Waals surface area contributed by atoms with E-state index in [0.717, 1.165) is 31.3 Å². The van der Waals surface area contributed by atoms with Gasteiger partial charge in [0.1, 0.15) is 5.78 Å². The minimum absolute atomic E-state index is 0.0282. The largest absolute Gasteiger partial charge is 0.466 e. The van der Waals surface area contributed by atoms with E-state index >= 15 is 0 Å². The maximum atomic E-state index is 13.9. The molecule has 0 aromatic heterocycles. The van der Waals surface area contributed by atoms with Crippen LogP contribution in [0.1, 0.15) is 79.6 Å². The van der Waals surface area contributed by atoms with E-state index in [2.05, 4.69) is 34.6 Å². The normalized spacial score (nSPS) is 48.2. The number of carbonyl (C=O) groups is 2. The minimum atomic E-state index is -1.01. The van der Waals surface area contributed by atoms with E-state index in [4.69, 9.17) is 14.2 Å². The molecule has 1 saturated heterocycles. The average molecular weight is 475 g/mol. The molecule has 6 heteroatoms. The first-order valence-corrected chi connectivity index (χ1v) is 13.1. The van der Waals surface area contributed by atoms with Gasteiger partial charge in [0.2, 0.25) is 0 Å². The summed E-state index contributed by atoms with van der Waals surface area (Å²) < 4.78 is 17.5. The summed E-state index contributed by atoms with van der Waals surface area (Å²) in [6, 6.07) is 0. The second kappa shape index (κ2) is 7.63. The Bertz CT molecular complexity index is 912. The van der Waals surface area contributed by atoms with Crippen LogP contribution in [0.5, 0.6) is 0 Å². The summed E-state index contributed by atoms with van der Waals surface area (Å²) in [4.78, 5) is 26.0. The molecular weight excluding hydrogens is 432 g/mol. The van der Waals surface area contributed by atoms with Gasteiger partial charge >= 0.3 is 5.97 Å². The van der Waals surface area contributed by atoms with Crippen LogP contribution in [0.2, 0.25) is 0 Å². The Hall–Kier alpha value is -1.24. The first-order valence-electron chi connectivity index (χ1n) is 13.1. The van der Waals surface area contributed by atoms with Gasteiger partial charge in [0.05, 0.1) is 25.9 Å².